The third kappa shape index (κ3) is 4.22. The molecular formula is C20H23N3S. The van der Waals surface area contributed by atoms with E-state index in [-0.39, 0.29) is 6.04 Å². The zero-order valence-electron chi connectivity index (χ0n) is 14.1. The van der Waals surface area contributed by atoms with Crippen molar-refractivity contribution in [1.82, 2.24) is 10.3 Å². The van der Waals surface area contributed by atoms with Gasteiger partial charge in [-0.25, -0.2) is 4.98 Å². The van der Waals surface area contributed by atoms with Gasteiger partial charge in [0.25, 0.3) is 0 Å². The quantitative estimate of drug-likeness (QED) is 0.681. The van der Waals surface area contributed by atoms with Gasteiger partial charge in [-0.05, 0) is 25.1 Å². The molecule has 3 rings (SSSR count). The molecule has 0 aliphatic heterocycles. The lowest BCUT2D eigenvalue weighted by Crippen LogP contribution is -2.22. The van der Waals surface area contributed by atoms with E-state index in [0.29, 0.717) is 0 Å². The second-order valence-corrected chi connectivity index (χ2v) is 6.73. The first-order valence-electron chi connectivity index (χ1n) is 8.21. The number of nitrogens with one attached hydrogen (secondary N) is 1. The van der Waals surface area contributed by atoms with Crippen molar-refractivity contribution in [3.63, 3.8) is 0 Å². The van der Waals surface area contributed by atoms with Gasteiger partial charge < -0.3 is 10.2 Å². The molecule has 3 aromatic rings. The molecular weight excluding hydrogens is 314 g/mol. The molecule has 1 aromatic heterocycles. The van der Waals surface area contributed by atoms with E-state index < -0.39 is 0 Å². The van der Waals surface area contributed by atoms with Gasteiger partial charge in [0.05, 0.1) is 5.69 Å². The van der Waals surface area contributed by atoms with Crippen molar-refractivity contribution in [2.75, 3.05) is 11.9 Å². The third-order valence-electron chi connectivity index (χ3n) is 4.09. The van der Waals surface area contributed by atoms with E-state index in [0.717, 1.165) is 23.9 Å². The first-order chi connectivity index (χ1) is 11.8. The highest BCUT2D eigenvalue weighted by Gasteiger charge is 2.15. The molecule has 0 saturated carbocycles. The molecule has 2 aromatic carbocycles. The minimum Gasteiger partial charge on any atom is -0.339 e. The average molecular weight is 337 g/mol. The largest absolute Gasteiger partial charge is 0.339 e. The number of benzene rings is 2. The molecule has 1 N–H and O–H groups in total. The number of rotatable bonds is 7. The van der Waals surface area contributed by atoms with Gasteiger partial charge in [-0.2, -0.15) is 0 Å². The Bertz CT molecular complexity index is 698. The Morgan fingerprint density at radius 2 is 1.50 bits per heavy atom. The Hall–Kier alpha value is -2.17. The van der Waals surface area contributed by atoms with E-state index in [4.69, 9.17) is 4.98 Å². The summed E-state index contributed by atoms with van der Waals surface area (Å²) in [5, 5.41) is 6.48. The van der Waals surface area contributed by atoms with Gasteiger partial charge in [0.1, 0.15) is 0 Å². The van der Waals surface area contributed by atoms with Gasteiger partial charge in [0.2, 0.25) is 0 Å². The Labute approximate surface area is 148 Å². The van der Waals surface area contributed by atoms with Crippen LogP contribution < -0.4 is 10.2 Å². The SMILES string of the molecule is CNC(C)c1csc(N(Cc2ccccc2)Cc2ccccc2)n1. The predicted octanol–water partition coefficient (Wildman–Crippen LogP) is 4.63. The lowest BCUT2D eigenvalue weighted by atomic mass is 10.2. The standard InChI is InChI=1S/C20H23N3S/c1-16(21-2)19-15-24-20(22-19)23(13-17-9-5-3-6-10-17)14-18-11-7-4-8-12-18/h3-12,15-16,21H,13-14H2,1-2H3. The molecule has 1 unspecified atom stereocenters. The van der Waals surface area contributed by atoms with E-state index in [9.17, 15) is 0 Å². The summed E-state index contributed by atoms with van der Waals surface area (Å²) in [6, 6.07) is 21.4. The van der Waals surface area contributed by atoms with Crippen LogP contribution in [-0.2, 0) is 13.1 Å². The highest BCUT2D eigenvalue weighted by molar-refractivity contribution is 7.13. The van der Waals surface area contributed by atoms with Crippen LogP contribution in [0, 0.1) is 0 Å². The minimum absolute atomic E-state index is 0.269. The van der Waals surface area contributed by atoms with Crippen LogP contribution in [-0.4, -0.2) is 12.0 Å². The molecule has 4 heteroatoms. The second-order valence-electron chi connectivity index (χ2n) is 5.89. The zero-order valence-corrected chi connectivity index (χ0v) is 15.0. The molecule has 0 amide bonds. The lowest BCUT2D eigenvalue weighted by Gasteiger charge is -2.22. The third-order valence-corrected chi connectivity index (χ3v) is 5.01. The molecule has 0 aliphatic rings. The molecule has 3 nitrogen and oxygen atoms in total. The molecule has 1 atom stereocenters. The number of nitrogens with zero attached hydrogens (tertiary/aromatic N) is 2. The van der Waals surface area contributed by atoms with E-state index in [1.54, 1.807) is 11.3 Å². The van der Waals surface area contributed by atoms with Gasteiger partial charge >= 0.3 is 0 Å². The second kappa shape index (κ2) is 8.08. The summed E-state index contributed by atoms with van der Waals surface area (Å²) in [4.78, 5) is 7.20. The molecule has 1 heterocycles. The zero-order chi connectivity index (χ0) is 16.8. The number of aromatic nitrogens is 1. The fraction of sp³-hybridized carbons (Fsp3) is 0.250. The molecule has 0 aliphatic carbocycles. The molecule has 124 valence electrons. The van der Waals surface area contributed by atoms with Crippen LogP contribution in [0.2, 0.25) is 0 Å². The number of thiazole rings is 1. The van der Waals surface area contributed by atoms with Crippen molar-refractivity contribution in [2.45, 2.75) is 26.1 Å². The average Bonchev–Trinajstić information content (AvgIpc) is 3.12. The summed E-state index contributed by atoms with van der Waals surface area (Å²) in [6.07, 6.45) is 0. The maximum atomic E-state index is 4.86. The van der Waals surface area contributed by atoms with Crippen LogP contribution in [0.15, 0.2) is 66.0 Å². The van der Waals surface area contributed by atoms with E-state index in [1.165, 1.54) is 11.1 Å². The number of hydrogen-bond acceptors (Lipinski definition) is 4. The van der Waals surface area contributed by atoms with Gasteiger partial charge in [-0.15, -0.1) is 11.3 Å². The van der Waals surface area contributed by atoms with Crippen molar-refractivity contribution in [2.24, 2.45) is 0 Å². The molecule has 0 spiro atoms. The summed E-state index contributed by atoms with van der Waals surface area (Å²) in [7, 11) is 1.97. The number of anilines is 1. The van der Waals surface area contributed by atoms with Crippen molar-refractivity contribution in [3.05, 3.63) is 82.9 Å². The van der Waals surface area contributed by atoms with Gasteiger partial charge in [-0.1, -0.05) is 60.7 Å². The monoisotopic (exact) mass is 337 g/mol. The molecule has 24 heavy (non-hydrogen) atoms. The van der Waals surface area contributed by atoms with Crippen molar-refractivity contribution in [1.29, 1.82) is 0 Å². The first-order valence-corrected chi connectivity index (χ1v) is 9.09. The van der Waals surface area contributed by atoms with Crippen molar-refractivity contribution >= 4 is 16.5 Å². The van der Waals surface area contributed by atoms with Crippen molar-refractivity contribution < 1.29 is 0 Å². The molecule has 0 fully saturated rings. The van der Waals surface area contributed by atoms with E-state index in [1.807, 2.05) is 7.05 Å². The molecule has 0 radical (unpaired) electrons. The van der Waals surface area contributed by atoms with Crippen LogP contribution in [0.1, 0.15) is 29.8 Å². The van der Waals surface area contributed by atoms with Crippen molar-refractivity contribution in [3.8, 4) is 0 Å². The topological polar surface area (TPSA) is 28.2 Å². The fourth-order valence-electron chi connectivity index (χ4n) is 2.57. The van der Waals surface area contributed by atoms with Crippen LogP contribution >= 0.6 is 11.3 Å². The molecule has 0 saturated heterocycles. The normalized spacial score (nSPS) is 12.1. The Balaban J connectivity index is 1.85. The maximum Gasteiger partial charge on any atom is 0.186 e. The highest BCUT2D eigenvalue weighted by atomic mass is 32.1. The highest BCUT2D eigenvalue weighted by Crippen LogP contribution is 2.27. The van der Waals surface area contributed by atoms with Gasteiger partial charge in [0.15, 0.2) is 5.13 Å². The Morgan fingerprint density at radius 3 is 2.00 bits per heavy atom. The van der Waals surface area contributed by atoms with Gasteiger partial charge in [-0.3, -0.25) is 0 Å². The lowest BCUT2D eigenvalue weighted by molar-refractivity contribution is 0.635. The summed E-state index contributed by atoms with van der Waals surface area (Å²) in [6.45, 7) is 3.85. The predicted molar refractivity (Wildman–Crippen MR) is 102 cm³/mol. The molecule has 0 bridgehead atoms. The van der Waals surface area contributed by atoms with Crippen LogP contribution in [0.5, 0.6) is 0 Å². The van der Waals surface area contributed by atoms with Crippen LogP contribution in [0.4, 0.5) is 5.13 Å². The number of hydrogen-bond donors (Lipinski definition) is 1. The Morgan fingerprint density at radius 1 is 0.958 bits per heavy atom. The van der Waals surface area contributed by atoms with E-state index >= 15 is 0 Å². The summed E-state index contributed by atoms with van der Waals surface area (Å²) < 4.78 is 0. The van der Waals surface area contributed by atoms with Gasteiger partial charge in [0, 0.05) is 24.5 Å². The fourth-order valence-corrected chi connectivity index (χ4v) is 3.49. The minimum atomic E-state index is 0.269. The summed E-state index contributed by atoms with van der Waals surface area (Å²) in [5.74, 6) is 0. The smallest absolute Gasteiger partial charge is 0.186 e. The van der Waals surface area contributed by atoms with E-state index in [2.05, 4.69) is 83.2 Å². The summed E-state index contributed by atoms with van der Waals surface area (Å²) >= 11 is 1.71. The van der Waals surface area contributed by atoms with Crippen LogP contribution in [0.25, 0.3) is 0 Å². The Kier molecular flexibility index (Phi) is 5.62. The summed E-state index contributed by atoms with van der Waals surface area (Å²) in [5.41, 5.74) is 3.70. The van der Waals surface area contributed by atoms with Crippen LogP contribution in [0.3, 0.4) is 0 Å². The maximum absolute atomic E-state index is 4.86. The first kappa shape index (κ1) is 16.7.